The molecule has 5 nitrogen and oxygen atoms in total. The second-order valence-corrected chi connectivity index (χ2v) is 6.08. The Morgan fingerprint density at radius 3 is 3.05 bits per heavy atom. The summed E-state index contributed by atoms with van der Waals surface area (Å²) in [4.78, 5) is 4.67. The molecular formula is C15H25N3O2S. The normalized spacial score (nSPS) is 18.9. The van der Waals surface area contributed by atoms with Crippen molar-refractivity contribution >= 4 is 17.7 Å². The molecule has 0 aliphatic carbocycles. The van der Waals surface area contributed by atoms with Crippen LogP contribution in [0.15, 0.2) is 27.8 Å². The van der Waals surface area contributed by atoms with Gasteiger partial charge >= 0.3 is 0 Å². The van der Waals surface area contributed by atoms with Gasteiger partial charge in [0, 0.05) is 44.3 Å². The Labute approximate surface area is 130 Å². The molecule has 0 aromatic carbocycles. The van der Waals surface area contributed by atoms with Gasteiger partial charge in [-0.15, -0.1) is 0 Å². The fourth-order valence-electron chi connectivity index (χ4n) is 2.15. The van der Waals surface area contributed by atoms with Gasteiger partial charge in [-0.05, 0) is 24.8 Å². The summed E-state index contributed by atoms with van der Waals surface area (Å²) < 4.78 is 10.7. The minimum atomic E-state index is 0.564. The van der Waals surface area contributed by atoms with Crippen LogP contribution in [0.4, 0.5) is 0 Å². The molecule has 2 N–H and O–H groups in total. The molecule has 0 spiro atoms. The van der Waals surface area contributed by atoms with Crippen molar-refractivity contribution in [2.24, 2.45) is 10.9 Å². The number of guanidine groups is 1. The minimum absolute atomic E-state index is 0.564. The van der Waals surface area contributed by atoms with Crippen LogP contribution < -0.4 is 10.6 Å². The first-order valence-electron chi connectivity index (χ1n) is 7.49. The van der Waals surface area contributed by atoms with Gasteiger partial charge in [-0.2, -0.15) is 11.8 Å². The Morgan fingerprint density at radius 2 is 2.33 bits per heavy atom. The van der Waals surface area contributed by atoms with Gasteiger partial charge in [0.15, 0.2) is 5.96 Å². The summed E-state index contributed by atoms with van der Waals surface area (Å²) in [6.45, 7) is 4.29. The number of nitrogens with zero attached hydrogens (tertiary/aromatic N) is 1. The lowest BCUT2D eigenvalue weighted by atomic mass is 10.1. The van der Waals surface area contributed by atoms with E-state index < -0.39 is 0 Å². The summed E-state index contributed by atoms with van der Waals surface area (Å²) in [6.07, 6.45) is 5.80. The van der Waals surface area contributed by atoms with Crippen molar-refractivity contribution in [3.8, 4) is 0 Å². The summed E-state index contributed by atoms with van der Waals surface area (Å²) in [5, 5.41) is 6.74. The van der Waals surface area contributed by atoms with Gasteiger partial charge in [0.25, 0.3) is 0 Å². The molecule has 1 saturated heterocycles. The van der Waals surface area contributed by atoms with E-state index >= 15 is 0 Å². The number of aliphatic imine (C=N–C) groups is 1. The van der Waals surface area contributed by atoms with E-state index in [0.717, 1.165) is 63.2 Å². The molecular weight excluding hydrogens is 286 g/mol. The number of ether oxygens (including phenoxy) is 1. The summed E-state index contributed by atoms with van der Waals surface area (Å²) in [6, 6.07) is 3.91. The molecule has 1 aromatic rings. The lowest BCUT2D eigenvalue weighted by molar-refractivity contribution is 0.187. The highest BCUT2D eigenvalue weighted by Crippen LogP contribution is 2.12. The smallest absolute Gasteiger partial charge is 0.191 e. The molecule has 1 unspecified atom stereocenters. The fraction of sp³-hybridized carbons (Fsp3) is 0.667. The van der Waals surface area contributed by atoms with E-state index in [1.165, 1.54) is 0 Å². The third kappa shape index (κ3) is 6.44. The van der Waals surface area contributed by atoms with Gasteiger partial charge in [0.1, 0.15) is 5.76 Å². The first-order valence-corrected chi connectivity index (χ1v) is 8.89. The molecule has 0 amide bonds. The highest BCUT2D eigenvalue weighted by atomic mass is 32.2. The van der Waals surface area contributed by atoms with Crippen molar-refractivity contribution in [3.05, 3.63) is 24.2 Å². The molecule has 1 aromatic heterocycles. The van der Waals surface area contributed by atoms with Crippen LogP contribution in [0.3, 0.4) is 0 Å². The molecule has 0 bridgehead atoms. The number of hydrogen-bond donors (Lipinski definition) is 2. The van der Waals surface area contributed by atoms with E-state index in [1.54, 1.807) is 6.26 Å². The van der Waals surface area contributed by atoms with E-state index in [0.29, 0.717) is 5.92 Å². The van der Waals surface area contributed by atoms with Crippen LogP contribution in [-0.4, -0.2) is 50.8 Å². The SMILES string of the molecule is CSCCNC(=NCC1CCOC1)NCCc1ccco1. The Morgan fingerprint density at radius 1 is 1.43 bits per heavy atom. The van der Waals surface area contributed by atoms with Crippen LogP contribution in [0.1, 0.15) is 12.2 Å². The second kappa shape index (κ2) is 9.73. The predicted octanol–water partition coefficient (Wildman–Crippen LogP) is 1.76. The predicted molar refractivity (Wildman–Crippen MR) is 88.0 cm³/mol. The molecule has 2 rings (SSSR count). The van der Waals surface area contributed by atoms with Gasteiger partial charge in [-0.25, -0.2) is 0 Å². The number of nitrogens with one attached hydrogen (secondary N) is 2. The minimum Gasteiger partial charge on any atom is -0.469 e. The number of rotatable bonds is 8. The van der Waals surface area contributed by atoms with Crippen molar-refractivity contribution in [1.29, 1.82) is 0 Å². The largest absolute Gasteiger partial charge is 0.469 e. The van der Waals surface area contributed by atoms with E-state index in [4.69, 9.17) is 9.15 Å². The molecule has 1 fully saturated rings. The average Bonchev–Trinajstić information content (AvgIpc) is 3.18. The van der Waals surface area contributed by atoms with E-state index in [9.17, 15) is 0 Å². The topological polar surface area (TPSA) is 58.8 Å². The Bertz CT molecular complexity index is 403. The van der Waals surface area contributed by atoms with Crippen molar-refractivity contribution in [1.82, 2.24) is 10.6 Å². The van der Waals surface area contributed by atoms with Crippen LogP contribution in [0.2, 0.25) is 0 Å². The van der Waals surface area contributed by atoms with Gasteiger partial charge in [0.05, 0.1) is 12.9 Å². The zero-order valence-corrected chi connectivity index (χ0v) is 13.5. The molecule has 0 saturated carbocycles. The third-order valence-electron chi connectivity index (χ3n) is 3.37. The van der Waals surface area contributed by atoms with Crippen molar-refractivity contribution in [3.63, 3.8) is 0 Å². The summed E-state index contributed by atoms with van der Waals surface area (Å²) >= 11 is 1.83. The Hall–Kier alpha value is -1.14. The van der Waals surface area contributed by atoms with Gasteiger partial charge in [-0.3, -0.25) is 4.99 Å². The van der Waals surface area contributed by atoms with Crippen LogP contribution in [0, 0.1) is 5.92 Å². The lowest BCUT2D eigenvalue weighted by Crippen LogP contribution is -2.39. The van der Waals surface area contributed by atoms with Crippen LogP contribution >= 0.6 is 11.8 Å². The zero-order valence-electron chi connectivity index (χ0n) is 12.6. The molecule has 1 atom stereocenters. The van der Waals surface area contributed by atoms with E-state index in [-0.39, 0.29) is 0 Å². The summed E-state index contributed by atoms with van der Waals surface area (Å²) in [5.41, 5.74) is 0. The standard InChI is InChI=1S/C15H25N3O2S/c1-21-10-7-17-15(18-11-13-5-9-19-12-13)16-6-4-14-3-2-8-20-14/h2-3,8,13H,4-7,9-12H2,1H3,(H2,16,17,18). The molecule has 1 aliphatic rings. The van der Waals surface area contributed by atoms with Crippen LogP contribution in [0.5, 0.6) is 0 Å². The molecule has 118 valence electrons. The van der Waals surface area contributed by atoms with Gasteiger partial charge in [-0.1, -0.05) is 0 Å². The van der Waals surface area contributed by atoms with Crippen LogP contribution in [-0.2, 0) is 11.2 Å². The van der Waals surface area contributed by atoms with E-state index in [1.807, 2.05) is 23.9 Å². The molecule has 2 heterocycles. The van der Waals surface area contributed by atoms with Gasteiger partial charge < -0.3 is 19.8 Å². The molecule has 21 heavy (non-hydrogen) atoms. The van der Waals surface area contributed by atoms with Crippen molar-refractivity contribution in [2.75, 3.05) is 44.9 Å². The summed E-state index contributed by atoms with van der Waals surface area (Å²) in [7, 11) is 0. The molecule has 6 heteroatoms. The highest BCUT2D eigenvalue weighted by Gasteiger charge is 2.15. The maximum absolute atomic E-state index is 5.39. The highest BCUT2D eigenvalue weighted by molar-refractivity contribution is 7.98. The van der Waals surface area contributed by atoms with Crippen LogP contribution in [0.25, 0.3) is 0 Å². The first kappa shape index (κ1) is 16.2. The molecule has 1 aliphatic heterocycles. The van der Waals surface area contributed by atoms with Crippen molar-refractivity contribution in [2.45, 2.75) is 12.8 Å². The summed E-state index contributed by atoms with van der Waals surface area (Å²) in [5.74, 6) is 3.53. The second-order valence-electron chi connectivity index (χ2n) is 5.09. The third-order valence-corrected chi connectivity index (χ3v) is 3.99. The van der Waals surface area contributed by atoms with Gasteiger partial charge in [0.2, 0.25) is 0 Å². The maximum Gasteiger partial charge on any atom is 0.191 e. The first-order chi connectivity index (χ1) is 10.4. The maximum atomic E-state index is 5.39. The zero-order chi connectivity index (χ0) is 14.8. The monoisotopic (exact) mass is 311 g/mol. The lowest BCUT2D eigenvalue weighted by Gasteiger charge is -2.13. The Balaban J connectivity index is 1.74. The fourth-order valence-corrected chi connectivity index (χ4v) is 2.46. The quantitative estimate of drug-likeness (QED) is 0.435. The average molecular weight is 311 g/mol. The number of hydrogen-bond acceptors (Lipinski definition) is 4. The Kier molecular flexibility index (Phi) is 7.53. The number of thioether (sulfide) groups is 1. The van der Waals surface area contributed by atoms with Crippen molar-refractivity contribution < 1.29 is 9.15 Å². The van der Waals surface area contributed by atoms with E-state index in [2.05, 4.69) is 21.9 Å². The number of furan rings is 1. The molecule has 0 radical (unpaired) electrons.